The number of ether oxygens (including phenoxy) is 1. The molecule has 4 rings (SSSR count). The molecule has 0 atom stereocenters. The molecule has 2 aliphatic rings. The predicted molar refractivity (Wildman–Crippen MR) is 119 cm³/mol. The highest BCUT2D eigenvalue weighted by atomic mass is 16.5. The van der Waals surface area contributed by atoms with Gasteiger partial charge in [-0.15, -0.1) is 0 Å². The average molecular weight is 421 g/mol. The summed E-state index contributed by atoms with van der Waals surface area (Å²) in [5, 5.41) is 9.20. The van der Waals surface area contributed by atoms with E-state index in [-0.39, 0.29) is 18.4 Å². The van der Waals surface area contributed by atoms with Gasteiger partial charge in [-0.25, -0.2) is 4.90 Å². The number of hydrogen-bond donors (Lipinski definition) is 1. The van der Waals surface area contributed by atoms with Gasteiger partial charge in [0.05, 0.1) is 24.5 Å². The summed E-state index contributed by atoms with van der Waals surface area (Å²) in [5.41, 5.74) is 2.12. The van der Waals surface area contributed by atoms with Crippen LogP contribution in [0.4, 0.5) is 5.69 Å². The monoisotopic (exact) mass is 421 g/mol. The number of carbonyl (C=O) groups excluding carboxylic acids is 2. The minimum atomic E-state index is -0.322. The molecule has 1 N–H and O–H groups in total. The molecule has 0 spiro atoms. The summed E-state index contributed by atoms with van der Waals surface area (Å²) in [7, 11) is 0. The van der Waals surface area contributed by atoms with Gasteiger partial charge in [-0.05, 0) is 24.6 Å². The van der Waals surface area contributed by atoms with E-state index in [1.54, 1.807) is 18.2 Å². The number of benzene rings is 2. The fourth-order valence-electron chi connectivity index (χ4n) is 4.13. The maximum Gasteiger partial charge on any atom is 0.282 e. The van der Waals surface area contributed by atoms with Crippen LogP contribution in [-0.4, -0.2) is 72.7 Å². The Morgan fingerprint density at radius 3 is 2.35 bits per heavy atom. The molecule has 2 aliphatic heterocycles. The standard InChI is InChI=1S/C24H27N3O4/c1-2-31-20-10-6-9-19(17-20)27-23(29)21(18-7-4-3-5-8-18)22(24(27)30)26-13-11-25(12-14-26)15-16-28/h3-10,17,28H,2,11-16H2,1H3. The van der Waals surface area contributed by atoms with Gasteiger partial charge in [-0.2, -0.15) is 0 Å². The summed E-state index contributed by atoms with van der Waals surface area (Å²) in [6.45, 7) is 5.82. The second-order valence-corrected chi connectivity index (χ2v) is 7.52. The Kier molecular flexibility index (Phi) is 6.34. The number of nitrogens with zero attached hydrogens (tertiary/aromatic N) is 3. The minimum Gasteiger partial charge on any atom is -0.494 e. The Bertz CT molecular complexity index is 981. The first-order chi connectivity index (χ1) is 15.1. The van der Waals surface area contributed by atoms with Crippen LogP contribution >= 0.6 is 0 Å². The van der Waals surface area contributed by atoms with Crippen molar-refractivity contribution in [2.75, 3.05) is 50.8 Å². The van der Waals surface area contributed by atoms with Crippen LogP contribution in [0.25, 0.3) is 5.57 Å². The number of rotatable bonds is 7. The van der Waals surface area contributed by atoms with Crippen LogP contribution in [0.2, 0.25) is 0 Å². The van der Waals surface area contributed by atoms with Gasteiger partial charge in [-0.3, -0.25) is 14.5 Å². The number of amides is 2. The van der Waals surface area contributed by atoms with Gasteiger partial charge < -0.3 is 14.7 Å². The molecule has 0 radical (unpaired) electrons. The maximum absolute atomic E-state index is 13.6. The van der Waals surface area contributed by atoms with Crippen molar-refractivity contribution in [1.29, 1.82) is 0 Å². The lowest BCUT2D eigenvalue weighted by Gasteiger charge is -2.36. The summed E-state index contributed by atoms with van der Waals surface area (Å²) in [6.07, 6.45) is 0. The summed E-state index contributed by atoms with van der Waals surface area (Å²) in [5.74, 6) is -0.0151. The number of imide groups is 1. The van der Waals surface area contributed by atoms with E-state index >= 15 is 0 Å². The Morgan fingerprint density at radius 2 is 1.68 bits per heavy atom. The quantitative estimate of drug-likeness (QED) is 0.690. The molecule has 31 heavy (non-hydrogen) atoms. The Balaban J connectivity index is 1.71. The minimum absolute atomic E-state index is 0.110. The Hall–Kier alpha value is -3.16. The first kappa shape index (κ1) is 21.1. The summed E-state index contributed by atoms with van der Waals surface area (Å²) >= 11 is 0. The lowest BCUT2D eigenvalue weighted by atomic mass is 10.0. The molecule has 0 aliphatic carbocycles. The first-order valence-corrected chi connectivity index (χ1v) is 10.6. The van der Waals surface area contributed by atoms with Crippen molar-refractivity contribution in [2.45, 2.75) is 6.92 Å². The average Bonchev–Trinajstić information content (AvgIpc) is 3.05. The Labute approximate surface area is 182 Å². The molecule has 1 saturated heterocycles. The fourth-order valence-corrected chi connectivity index (χ4v) is 4.13. The van der Waals surface area contributed by atoms with E-state index in [2.05, 4.69) is 4.90 Å². The van der Waals surface area contributed by atoms with E-state index < -0.39 is 0 Å². The molecule has 0 bridgehead atoms. The molecule has 0 aromatic heterocycles. The number of aliphatic hydroxyl groups is 1. The van der Waals surface area contributed by atoms with Crippen molar-refractivity contribution >= 4 is 23.1 Å². The van der Waals surface area contributed by atoms with Crippen LogP contribution < -0.4 is 9.64 Å². The molecule has 2 heterocycles. The van der Waals surface area contributed by atoms with E-state index in [4.69, 9.17) is 4.74 Å². The lowest BCUT2D eigenvalue weighted by Crippen LogP contribution is -2.48. The van der Waals surface area contributed by atoms with E-state index in [1.165, 1.54) is 4.90 Å². The first-order valence-electron chi connectivity index (χ1n) is 10.6. The van der Waals surface area contributed by atoms with Crippen LogP contribution in [0.5, 0.6) is 5.75 Å². The van der Waals surface area contributed by atoms with E-state index in [0.29, 0.717) is 48.9 Å². The smallest absolute Gasteiger partial charge is 0.282 e. The predicted octanol–water partition coefficient (Wildman–Crippen LogP) is 1.98. The van der Waals surface area contributed by atoms with Crippen molar-refractivity contribution < 1.29 is 19.4 Å². The summed E-state index contributed by atoms with van der Waals surface area (Å²) in [4.78, 5) is 32.5. The van der Waals surface area contributed by atoms with Gasteiger partial charge in [0.1, 0.15) is 11.4 Å². The van der Waals surface area contributed by atoms with Crippen LogP contribution in [0.1, 0.15) is 12.5 Å². The molecule has 1 fully saturated rings. The van der Waals surface area contributed by atoms with Gasteiger partial charge in [0.15, 0.2) is 0 Å². The van der Waals surface area contributed by atoms with Crippen molar-refractivity contribution in [3.63, 3.8) is 0 Å². The molecular weight excluding hydrogens is 394 g/mol. The van der Waals surface area contributed by atoms with E-state index in [9.17, 15) is 14.7 Å². The molecular formula is C24H27N3O4. The zero-order chi connectivity index (χ0) is 21.8. The maximum atomic E-state index is 13.6. The second-order valence-electron chi connectivity index (χ2n) is 7.52. The molecule has 7 nitrogen and oxygen atoms in total. The molecule has 2 amide bonds. The molecule has 7 heteroatoms. The molecule has 162 valence electrons. The molecule has 0 unspecified atom stereocenters. The van der Waals surface area contributed by atoms with Gasteiger partial charge in [0, 0.05) is 38.8 Å². The molecule has 2 aromatic carbocycles. The van der Waals surface area contributed by atoms with Crippen LogP contribution in [0.15, 0.2) is 60.3 Å². The van der Waals surface area contributed by atoms with Crippen molar-refractivity contribution in [3.8, 4) is 5.75 Å². The van der Waals surface area contributed by atoms with Gasteiger partial charge in [0.25, 0.3) is 11.8 Å². The highest BCUT2D eigenvalue weighted by Crippen LogP contribution is 2.36. The zero-order valence-corrected chi connectivity index (χ0v) is 17.7. The zero-order valence-electron chi connectivity index (χ0n) is 17.7. The van der Waals surface area contributed by atoms with Crippen LogP contribution in [0.3, 0.4) is 0 Å². The van der Waals surface area contributed by atoms with Crippen LogP contribution in [0, 0.1) is 0 Å². The van der Waals surface area contributed by atoms with E-state index in [0.717, 1.165) is 18.7 Å². The number of aliphatic hydroxyl groups excluding tert-OH is 1. The largest absolute Gasteiger partial charge is 0.494 e. The normalized spacial score (nSPS) is 17.6. The summed E-state index contributed by atoms with van der Waals surface area (Å²) in [6, 6.07) is 16.4. The Morgan fingerprint density at radius 1 is 0.935 bits per heavy atom. The third-order valence-electron chi connectivity index (χ3n) is 5.61. The molecule has 0 saturated carbocycles. The van der Waals surface area contributed by atoms with Crippen LogP contribution in [-0.2, 0) is 9.59 Å². The van der Waals surface area contributed by atoms with Crippen molar-refractivity contribution in [3.05, 3.63) is 65.9 Å². The van der Waals surface area contributed by atoms with E-state index in [1.807, 2.05) is 48.2 Å². The highest BCUT2D eigenvalue weighted by Gasteiger charge is 2.43. The fraction of sp³-hybridized carbons (Fsp3) is 0.333. The number of piperazine rings is 1. The topological polar surface area (TPSA) is 73.3 Å². The van der Waals surface area contributed by atoms with Gasteiger partial charge in [0.2, 0.25) is 0 Å². The van der Waals surface area contributed by atoms with Gasteiger partial charge in [-0.1, -0.05) is 36.4 Å². The number of hydrogen-bond acceptors (Lipinski definition) is 6. The second kappa shape index (κ2) is 9.32. The number of carbonyl (C=O) groups is 2. The SMILES string of the molecule is CCOc1cccc(N2C(=O)C(c3ccccc3)=C(N3CCN(CCO)CC3)C2=O)c1. The third kappa shape index (κ3) is 4.19. The highest BCUT2D eigenvalue weighted by molar-refractivity contribution is 6.45. The van der Waals surface area contributed by atoms with Crippen molar-refractivity contribution in [2.24, 2.45) is 0 Å². The van der Waals surface area contributed by atoms with Gasteiger partial charge >= 0.3 is 0 Å². The number of β-amino-alcohol motifs (C(OH)–C–C–N with tert-alkyl or cyclic N) is 1. The third-order valence-corrected chi connectivity index (χ3v) is 5.61. The lowest BCUT2D eigenvalue weighted by molar-refractivity contribution is -0.120. The summed E-state index contributed by atoms with van der Waals surface area (Å²) < 4.78 is 5.57. The molecule has 2 aromatic rings. The number of anilines is 1. The van der Waals surface area contributed by atoms with Crippen molar-refractivity contribution in [1.82, 2.24) is 9.80 Å².